The van der Waals surface area contributed by atoms with Crippen molar-refractivity contribution in [2.24, 2.45) is 10.9 Å². The lowest BCUT2D eigenvalue weighted by atomic mass is 10.2. The van der Waals surface area contributed by atoms with E-state index in [-0.39, 0.29) is 11.7 Å². The Morgan fingerprint density at radius 2 is 2.00 bits per heavy atom. The number of aryl methyl sites for hydroxylation is 1. The van der Waals surface area contributed by atoms with Crippen LogP contribution >= 0.6 is 0 Å². The molecule has 0 atom stereocenters. The first kappa shape index (κ1) is 13.7. The summed E-state index contributed by atoms with van der Waals surface area (Å²) in [4.78, 5) is 4.26. The Morgan fingerprint density at radius 3 is 2.70 bits per heavy atom. The van der Waals surface area contributed by atoms with E-state index < -0.39 is 0 Å². The van der Waals surface area contributed by atoms with Gasteiger partial charge in [0.15, 0.2) is 5.84 Å². The summed E-state index contributed by atoms with van der Waals surface area (Å²) in [5, 5.41) is 11.8. The van der Waals surface area contributed by atoms with Crippen molar-refractivity contribution in [2.75, 3.05) is 7.11 Å². The molecule has 104 valence electrons. The van der Waals surface area contributed by atoms with Crippen LogP contribution in [0, 0.1) is 6.92 Å². The van der Waals surface area contributed by atoms with Gasteiger partial charge in [0.2, 0.25) is 5.88 Å². The molecule has 6 heteroatoms. The Morgan fingerprint density at radius 1 is 1.25 bits per heavy atom. The smallest absolute Gasteiger partial charge is 0.230 e. The highest BCUT2D eigenvalue weighted by Crippen LogP contribution is 2.26. The lowest BCUT2D eigenvalue weighted by molar-refractivity contribution is 0.318. The summed E-state index contributed by atoms with van der Waals surface area (Å²) >= 11 is 0. The molecule has 0 bridgehead atoms. The number of nitrogens with two attached hydrogens (primary N) is 1. The van der Waals surface area contributed by atoms with Gasteiger partial charge in [-0.25, -0.2) is 4.98 Å². The lowest BCUT2D eigenvalue weighted by Gasteiger charge is -2.10. The van der Waals surface area contributed by atoms with Gasteiger partial charge in [-0.2, -0.15) is 0 Å². The molecule has 1 aromatic heterocycles. The fraction of sp³-hybridized carbons (Fsp3) is 0.143. The normalized spacial score (nSPS) is 11.2. The van der Waals surface area contributed by atoms with Crippen molar-refractivity contribution in [1.29, 1.82) is 0 Å². The molecule has 2 aromatic rings. The van der Waals surface area contributed by atoms with E-state index in [1.807, 2.05) is 6.92 Å². The average molecular weight is 273 g/mol. The van der Waals surface area contributed by atoms with Gasteiger partial charge in [0, 0.05) is 11.8 Å². The van der Waals surface area contributed by atoms with Crippen LogP contribution in [-0.4, -0.2) is 23.1 Å². The molecule has 1 aromatic carbocycles. The van der Waals surface area contributed by atoms with Crippen LogP contribution in [0.5, 0.6) is 17.4 Å². The summed E-state index contributed by atoms with van der Waals surface area (Å²) < 4.78 is 10.8. The second-order valence-electron chi connectivity index (χ2n) is 4.07. The van der Waals surface area contributed by atoms with Crippen LogP contribution in [0.15, 0.2) is 41.6 Å². The maximum atomic E-state index is 8.79. The number of methoxy groups -OCH3 is 1. The third-order valence-electron chi connectivity index (χ3n) is 2.64. The molecule has 0 aliphatic heterocycles. The van der Waals surface area contributed by atoms with E-state index in [4.69, 9.17) is 20.4 Å². The molecule has 6 nitrogen and oxygen atoms in total. The first-order chi connectivity index (χ1) is 9.63. The van der Waals surface area contributed by atoms with Gasteiger partial charge in [0.1, 0.15) is 11.5 Å². The van der Waals surface area contributed by atoms with Gasteiger partial charge in [0.25, 0.3) is 0 Å². The van der Waals surface area contributed by atoms with Crippen molar-refractivity contribution in [3.05, 3.63) is 47.7 Å². The zero-order valence-electron chi connectivity index (χ0n) is 11.2. The topological polar surface area (TPSA) is 90.0 Å². The van der Waals surface area contributed by atoms with Crippen LogP contribution in [0.3, 0.4) is 0 Å². The minimum Gasteiger partial charge on any atom is -0.497 e. The molecule has 20 heavy (non-hydrogen) atoms. The molecule has 1 heterocycles. The summed E-state index contributed by atoms with van der Waals surface area (Å²) in [6.07, 6.45) is 0. The van der Waals surface area contributed by atoms with Crippen LogP contribution in [0.2, 0.25) is 0 Å². The largest absolute Gasteiger partial charge is 0.497 e. The molecule has 0 radical (unpaired) electrons. The Balaban J connectivity index is 2.39. The molecule has 0 amide bonds. The zero-order chi connectivity index (χ0) is 14.5. The molecule has 2 rings (SSSR count). The number of ether oxygens (including phenoxy) is 2. The van der Waals surface area contributed by atoms with Crippen molar-refractivity contribution < 1.29 is 14.7 Å². The molecule has 0 saturated heterocycles. The Labute approximate surface area is 116 Å². The fourth-order valence-corrected chi connectivity index (χ4v) is 1.64. The predicted octanol–water partition coefficient (Wildman–Crippen LogP) is 2.29. The van der Waals surface area contributed by atoms with E-state index in [9.17, 15) is 0 Å². The second kappa shape index (κ2) is 5.92. The second-order valence-corrected chi connectivity index (χ2v) is 4.07. The van der Waals surface area contributed by atoms with Gasteiger partial charge in [-0.05, 0) is 31.2 Å². The number of rotatable bonds is 4. The van der Waals surface area contributed by atoms with Crippen molar-refractivity contribution in [3.63, 3.8) is 0 Å². The molecular formula is C14H15N3O3. The Bertz CT molecular complexity index is 641. The number of hydrogen-bond acceptors (Lipinski definition) is 5. The molecule has 3 N–H and O–H groups in total. The number of benzene rings is 1. The average Bonchev–Trinajstić information content (AvgIpc) is 2.47. The van der Waals surface area contributed by atoms with Crippen molar-refractivity contribution >= 4 is 5.84 Å². The molecule has 0 aliphatic carbocycles. The van der Waals surface area contributed by atoms with Gasteiger partial charge in [-0.3, -0.25) is 0 Å². The van der Waals surface area contributed by atoms with Crippen LogP contribution < -0.4 is 15.2 Å². The maximum Gasteiger partial charge on any atom is 0.230 e. The molecule has 0 unspecified atom stereocenters. The highest BCUT2D eigenvalue weighted by molar-refractivity contribution is 5.99. The number of nitrogens with zero attached hydrogens (tertiary/aromatic N) is 2. The summed E-state index contributed by atoms with van der Waals surface area (Å²) in [7, 11) is 1.58. The van der Waals surface area contributed by atoms with E-state index in [0.717, 1.165) is 5.69 Å². The fourth-order valence-electron chi connectivity index (χ4n) is 1.64. The summed E-state index contributed by atoms with van der Waals surface area (Å²) in [5.74, 6) is 1.43. The number of aromatic nitrogens is 1. The van der Waals surface area contributed by atoms with Crippen LogP contribution in [0.1, 0.15) is 11.3 Å². The predicted molar refractivity (Wildman–Crippen MR) is 74.6 cm³/mol. The van der Waals surface area contributed by atoms with Crippen LogP contribution in [-0.2, 0) is 0 Å². The quantitative estimate of drug-likeness (QED) is 0.386. The standard InChI is InChI=1S/C14H15N3O3/c1-9-6-7-12(13(15)17-18)14(16-9)20-11-5-3-4-10(8-11)19-2/h3-8,18H,1-2H3,(H2,15,17). The lowest BCUT2D eigenvalue weighted by Crippen LogP contribution is -2.15. The number of pyridine rings is 1. The monoisotopic (exact) mass is 273 g/mol. The Kier molecular flexibility index (Phi) is 4.05. The molecule has 0 fully saturated rings. The van der Waals surface area contributed by atoms with E-state index >= 15 is 0 Å². The minimum atomic E-state index is -0.0598. The molecular weight excluding hydrogens is 258 g/mol. The summed E-state index contributed by atoms with van der Waals surface area (Å²) in [6, 6.07) is 10.5. The van der Waals surface area contributed by atoms with Crippen molar-refractivity contribution in [3.8, 4) is 17.4 Å². The number of amidine groups is 1. The summed E-state index contributed by atoms with van der Waals surface area (Å²) in [5.41, 5.74) is 6.79. The maximum absolute atomic E-state index is 8.79. The van der Waals surface area contributed by atoms with E-state index in [1.165, 1.54) is 0 Å². The van der Waals surface area contributed by atoms with Gasteiger partial charge in [0.05, 0.1) is 12.7 Å². The number of hydrogen-bond donors (Lipinski definition) is 2. The van der Waals surface area contributed by atoms with Gasteiger partial charge in [-0.1, -0.05) is 11.2 Å². The Hall–Kier alpha value is -2.76. The molecule has 0 aliphatic rings. The van der Waals surface area contributed by atoms with Crippen molar-refractivity contribution in [2.45, 2.75) is 6.92 Å². The minimum absolute atomic E-state index is 0.0598. The number of oxime groups is 1. The third-order valence-corrected chi connectivity index (χ3v) is 2.64. The van der Waals surface area contributed by atoms with E-state index in [1.54, 1.807) is 43.5 Å². The van der Waals surface area contributed by atoms with Gasteiger partial charge >= 0.3 is 0 Å². The highest BCUT2D eigenvalue weighted by Gasteiger charge is 2.11. The zero-order valence-corrected chi connectivity index (χ0v) is 11.2. The SMILES string of the molecule is COc1cccc(Oc2nc(C)ccc2C(N)=NO)c1. The van der Waals surface area contributed by atoms with Crippen LogP contribution in [0.4, 0.5) is 0 Å². The van der Waals surface area contributed by atoms with Gasteiger partial charge in [-0.15, -0.1) is 0 Å². The van der Waals surface area contributed by atoms with Crippen LogP contribution in [0.25, 0.3) is 0 Å². The molecule has 0 spiro atoms. The molecule has 0 saturated carbocycles. The van der Waals surface area contributed by atoms with E-state index in [0.29, 0.717) is 17.1 Å². The summed E-state index contributed by atoms with van der Waals surface area (Å²) in [6.45, 7) is 1.83. The first-order valence-corrected chi connectivity index (χ1v) is 5.91. The van der Waals surface area contributed by atoms with Gasteiger partial charge < -0.3 is 20.4 Å². The third kappa shape index (κ3) is 2.97. The first-order valence-electron chi connectivity index (χ1n) is 5.91. The highest BCUT2D eigenvalue weighted by atomic mass is 16.5. The van der Waals surface area contributed by atoms with Crippen molar-refractivity contribution in [1.82, 2.24) is 4.98 Å². The van der Waals surface area contributed by atoms with E-state index in [2.05, 4.69) is 10.1 Å².